The summed E-state index contributed by atoms with van der Waals surface area (Å²) in [5.41, 5.74) is 1.14. The van der Waals surface area contributed by atoms with Crippen molar-refractivity contribution in [3.05, 3.63) is 65.1 Å². The number of methoxy groups -OCH3 is 1. The predicted octanol–water partition coefficient (Wildman–Crippen LogP) is 6.71. The number of aliphatic carboxylic acids is 1. The largest absolute Gasteiger partial charge is 0.497 e. The Kier molecular flexibility index (Phi) is 9.09. The van der Waals surface area contributed by atoms with Crippen LogP contribution in [0.4, 0.5) is 4.39 Å². The molecule has 0 saturated carbocycles. The summed E-state index contributed by atoms with van der Waals surface area (Å²) in [5, 5.41) is 11.7. The second kappa shape index (κ2) is 12.3. The molecule has 2 heterocycles. The van der Waals surface area contributed by atoms with Crippen LogP contribution in [0.15, 0.2) is 53.6 Å². The number of hydrogen-bond acceptors (Lipinski definition) is 5. The minimum Gasteiger partial charge on any atom is -0.497 e. The van der Waals surface area contributed by atoms with Gasteiger partial charge in [-0.3, -0.25) is 9.78 Å². The van der Waals surface area contributed by atoms with Crippen LogP contribution in [0.3, 0.4) is 0 Å². The summed E-state index contributed by atoms with van der Waals surface area (Å²) in [6, 6.07) is 12.6. The van der Waals surface area contributed by atoms with E-state index in [4.69, 9.17) is 16.3 Å². The third kappa shape index (κ3) is 6.31. The monoisotopic (exact) mass is 530 g/mol. The van der Waals surface area contributed by atoms with Crippen molar-refractivity contribution >= 4 is 40.2 Å². The van der Waals surface area contributed by atoms with Crippen molar-refractivity contribution in [1.29, 1.82) is 0 Å². The minimum absolute atomic E-state index is 0.174. The maximum atomic E-state index is 13.8. The molecule has 1 aliphatic heterocycles. The summed E-state index contributed by atoms with van der Waals surface area (Å²) in [6.45, 7) is 2.44. The molecule has 1 aliphatic rings. The Hall–Kier alpha value is -2.35. The van der Waals surface area contributed by atoms with E-state index in [0.717, 1.165) is 60.4 Å². The highest BCUT2D eigenvalue weighted by Gasteiger charge is 2.40. The number of benzene rings is 2. The van der Waals surface area contributed by atoms with Crippen LogP contribution in [0.25, 0.3) is 10.9 Å². The lowest BCUT2D eigenvalue weighted by molar-refractivity contribution is -0.152. The lowest BCUT2D eigenvalue weighted by Crippen LogP contribution is -2.44. The molecule has 1 N–H and O–H groups in total. The molecule has 0 atom stereocenters. The quantitative estimate of drug-likeness (QED) is 0.220. The molecule has 0 unspecified atom stereocenters. The first-order valence-corrected chi connectivity index (χ1v) is 13.7. The van der Waals surface area contributed by atoms with E-state index in [1.165, 1.54) is 17.8 Å². The van der Waals surface area contributed by atoms with Crippen molar-refractivity contribution in [1.82, 2.24) is 9.88 Å². The van der Waals surface area contributed by atoms with E-state index < -0.39 is 11.4 Å². The molecule has 0 amide bonds. The Morgan fingerprint density at radius 2 is 2.00 bits per heavy atom. The molecule has 4 rings (SSSR count). The molecule has 0 aliphatic carbocycles. The predicted molar refractivity (Wildman–Crippen MR) is 144 cm³/mol. The summed E-state index contributed by atoms with van der Waals surface area (Å²) in [6.07, 6.45) is 5.93. The van der Waals surface area contributed by atoms with Crippen molar-refractivity contribution in [3.8, 4) is 5.75 Å². The van der Waals surface area contributed by atoms with Crippen LogP contribution in [0, 0.1) is 11.2 Å². The van der Waals surface area contributed by atoms with Gasteiger partial charge >= 0.3 is 5.97 Å². The summed E-state index contributed by atoms with van der Waals surface area (Å²) in [5.74, 6) is 0.707. The highest BCUT2D eigenvalue weighted by Crippen LogP contribution is 2.38. The molecule has 0 bridgehead atoms. The van der Waals surface area contributed by atoms with Crippen LogP contribution >= 0.6 is 23.4 Å². The van der Waals surface area contributed by atoms with Crippen molar-refractivity contribution in [2.45, 2.75) is 43.4 Å². The lowest BCUT2D eigenvalue weighted by atomic mass is 9.74. The third-order valence-electron chi connectivity index (χ3n) is 7.20. The normalized spacial score (nSPS) is 15.8. The van der Waals surface area contributed by atoms with Gasteiger partial charge in [0.15, 0.2) is 0 Å². The van der Waals surface area contributed by atoms with Gasteiger partial charge in [-0.25, -0.2) is 4.39 Å². The molecule has 0 radical (unpaired) electrons. The van der Waals surface area contributed by atoms with Crippen LogP contribution in [-0.2, 0) is 11.2 Å². The van der Waals surface area contributed by atoms with Crippen molar-refractivity contribution in [2.75, 3.05) is 32.5 Å². The van der Waals surface area contributed by atoms with Crippen molar-refractivity contribution in [2.24, 2.45) is 5.41 Å². The number of halogens is 2. The Morgan fingerprint density at radius 1 is 1.22 bits per heavy atom. The number of ether oxygens (including phenoxy) is 1. The van der Waals surface area contributed by atoms with Gasteiger partial charge in [-0.15, -0.1) is 11.8 Å². The second-order valence-corrected chi connectivity index (χ2v) is 10.9. The van der Waals surface area contributed by atoms with Crippen LogP contribution in [0.1, 0.15) is 37.7 Å². The fraction of sp³-hybridized carbons (Fsp3) is 0.429. The highest BCUT2D eigenvalue weighted by molar-refractivity contribution is 7.99. The fourth-order valence-corrected chi connectivity index (χ4v) is 6.11. The molecule has 2 aromatic carbocycles. The average molecular weight is 531 g/mol. The number of carboxylic acids is 1. The number of rotatable bonds is 11. The van der Waals surface area contributed by atoms with Crippen LogP contribution in [-0.4, -0.2) is 53.5 Å². The first kappa shape index (κ1) is 26.7. The Bertz CT molecular complexity index is 1200. The average Bonchev–Trinajstić information content (AvgIpc) is 2.89. The first-order chi connectivity index (χ1) is 17.4. The summed E-state index contributed by atoms with van der Waals surface area (Å²) >= 11 is 8.03. The number of thioether (sulfide) groups is 1. The van der Waals surface area contributed by atoms with E-state index in [-0.39, 0.29) is 5.82 Å². The molecule has 36 heavy (non-hydrogen) atoms. The molecular formula is C28H32ClFN2O3S. The van der Waals surface area contributed by atoms with E-state index in [9.17, 15) is 14.3 Å². The molecule has 1 fully saturated rings. The summed E-state index contributed by atoms with van der Waals surface area (Å²) in [4.78, 5) is 19.8. The molecule has 1 saturated heterocycles. The first-order valence-electron chi connectivity index (χ1n) is 12.4. The summed E-state index contributed by atoms with van der Waals surface area (Å²) in [7, 11) is 1.63. The molecular weight excluding hydrogens is 499 g/mol. The van der Waals surface area contributed by atoms with Gasteiger partial charge in [-0.1, -0.05) is 23.7 Å². The molecule has 0 spiro atoms. The fourth-order valence-electron chi connectivity index (χ4n) is 4.99. The van der Waals surface area contributed by atoms with Gasteiger partial charge in [0.05, 0.1) is 23.1 Å². The number of aromatic nitrogens is 1. The second-order valence-electron chi connectivity index (χ2n) is 9.38. The minimum atomic E-state index is -0.704. The lowest BCUT2D eigenvalue weighted by Gasteiger charge is -2.39. The SMILES string of the molecule is COc1ccc2ncc(Cl)c(CCCC3(C(=O)O)CCN(CCCSc4ccccc4F)CC3)c2c1. The Morgan fingerprint density at radius 3 is 2.72 bits per heavy atom. The molecule has 8 heteroatoms. The zero-order chi connectivity index (χ0) is 25.5. The van der Waals surface area contributed by atoms with E-state index in [0.29, 0.717) is 35.6 Å². The van der Waals surface area contributed by atoms with E-state index >= 15 is 0 Å². The topological polar surface area (TPSA) is 62.7 Å². The number of pyridine rings is 1. The zero-order valence-corrected chi connectivity index (χ0v) is 22.1. The third-order valence-corrected chi connectivity index (χ3v) is 8.66. The maximum absolute atomic E-state index is 13.8. The number of nitrogens with zero attached hydrogens (tertiary/aromatic N) is 2. The molecule has 5 nitrogen and oxygen atoms in total. The van der Waals surface area contributed by atoms with Crippen molar-refractivity contribution in [3.63, 3.8) is 0 Å². The smallest absolute Gasteiger partial charge is 0.309 e. The molecule has 1 aromatic heterocycles. The number of aryl methyl sites for hydroxylation is 1. The number of carbonyl (C=O) groups is 1. The summed E-state index contributed by atoms with van der Waals surface area (Å²) < 4.78 is 19.1. The van der Waals surface area contributed by atoms with Crippen LogP contribution < -0.4 is 4.74 Å². The van der Waals surface area contributed by atoms with E-state index in [1.807, 2.05) is 24.3 Å². The maximum Gasteiger partial charge on any atom is 0.309 e. The highest BCUT2D eigenvalue weighted by atomic mass is 35.5. The van der Waals surface area contributed by atoms with Gasteiger partial charge in [0.1, 0.15) is 11.6 Å². The van der Waals surface area contributed by atoms with Gasteiger partial charge in [-0.2, -0.15) is 0 Å². The number of likely N-dealkylation sites (tertiary alicyclic amines) is 1. The van der Waals surface area contributed by atoms with Gasteiger partial charge < -0.3 is 14.7 Å². The Labute approximate surface area is 221 Å². The van der Waals surface area contributed by atoms with Gasteiger partial charge in [0, 0.05) is 16.5 Å². The standard InChI is InChI=1S/C28H32ClFN2O3S/c1-35-20-9-10-25-22(18-20)21(23(29)19-31-25)6-4-11-28(27(33)34)12-15-32(16-13-28)14-5-17-36-26-8-3-2-7-24(26)30/h2-3,7-10,18-19H,4-6,11-17H2,1H3,(H,33,34). The molecule has 192 valence electrons. The van der Waals surface area contributed by atoms with Crippen molar-refractivity contribution < 1.29 is 19.0 Å². The zero-order valence-electron chi connectivity index (χ0n) is 20.5. The van der Waals surface area contributed by atoms with Gasteiger partial charge in [0.2, 0.25) is 0 Å². The van der Waals surface area contributed by atoms with Crippen LogP contribution in [0.2, 0.25) is 5.02 Å². The Balaban J connectivity index is 1.29. The van der Waals surface area contributed by atoms with E-state index in [2.05, 4.69) is 9.88 Å². The number of carboxylic acid groups (broad SMARTS) is 1. The van der Waals surface area contributed by atoms with Gasteiger partial charge in [0.25, 0.3) is 0 Å². The molecule has 3 aromatic rings. The number of piperidine rings is 1. The van der Waals surface area contributed by atoms with E-state index in [1.54, 1.807) is 25.4 Å². The number of fused-ring (bicyclic) bond motifs is 1. The van der Waals surface area contributed by atoms with Crippen LogP contribution in [0.5, 0.6) is 5.75 Å². The number of hydrogen-bond donors (Lipinski definition) is 1. The van der Waals surface area contributed by atoms with Gasteiger partial charge in [-0.05, 0) is 99.8 Å².